The predicted molar refractivity (Wildman–Crippen MR) is 78.8 cm³/mol. The number of nitrogens with zero attached hydrogens (tertiary/aromatic N) is 1. The molecule has 2 aromatic carbocycles. The van der Waals surface area contributed by atoms with Gasteiger partial charge in [-0.05, 0) is 42.5 Å². The lowest BCUT2D eigenvalue weighted by molar-refractivity contribution is 0.0827. The Bertz CT molecular complexity index is 666. The highest BCUT2D eigenvalue weighted by Gasteiger charge is 2.10. The number of halogens is 1. The Kier molecular flexibility index (Phi) is 4.33. The first-order valence-corrected chi connectivity index (χ1v) is 6.36. The van der Waals surface area contributed by atoms with Crippen molar-refractivity contribution in [1.29, 1.82) is 0 Å². The molecule has 0 aliphatic carbocycles. The second kappa shape index (κ2) is 6.17. The first kappa shape index (κ1) is 14.7. The summed E-state index contributed by atoms with van der Waals surface area (Å²) in [6.45, 7) is 0. The molecule has 0 heterocycles. The third-order valence-corrected chi connectivity index (χ3v) is 2.88. The van der Waals surface area contributed by atoms with Crippen molar-refractivity contribution in [3.05, 3.63) is 65.5 Å². The number of benzene rings is 2. The summed E-state index contributed by atoms with van der Waals surface area (Å²) in [5.41, 5.74) is 1.34. The van der Waals surface area contributed by atoms with Gasteiger partial charge in [0.25, 0.3) is 11.8 Å². The summed E-state index contributed by atoms with van der Waals surface area (Å²) >= 11 is 0. The number of anilines is 1. The molecule has 0 aliphatic heterocycles. The van der Waals surface area contributed by atoms with E-state index in [4.69, 9.17) is 0 Å². The van der Waals surface area contributed by atoms with E-state index >= 15 is 0 Å². The predicted octanol–water partition coefficient (Wildman–Crippen LogP) is 2.78. The van der Waals surface area contributed by atoms with Crippen LogP contribution in [0.1, 0.15) is 20.7 Å². The minimum absolute atomic E-state index is 0.145. The number of hydrogen-bond acceptors (Lipinski definition) is 2. The lowest BCUT2D eigenvalue weighted by Crippen LogP contribution is -2.21. The molecule has 0 spiro atoms. The summed E-state index contributed by atoms with van der Waals surface area (Å²) in [4.78, 5) is 25.3. The fourth-order valence-electron chi connectivity index (χ4n) is 1.79. The number of nitrogens with one attached hydrogen (secondary N) is 1. The van der Waals surface area contributed by atoms with Gasteiger partial charge in [0, 0.05) is 30.9 Å². The van der Waals surface area contributed by atoms with Crippen LogP contribution >= 0.6 is 0 Å². The highest BCUT2D eigenvalue weighted by Crippen LogP contribution is 2.14. The minimum Gasteiger partial charge on any atom is -0.345 e. The summed E-state index contributed by atoms with van der Waals surface area (Å²) in [5, 5.41) is 2.68. The number of hydrogen-bond donors (Lipinski definition) is 1. The van der Waals surface area contributed by atoms with Gasteiger partial charge in [0.2, 0.25) is 0 Å². The molecule has 0 aliphatic rings. The fraction of sp³-hybridized carbons (Fsp3) is 0.125. The quantitative estimate of drug-likeness (QED) is 0.943. The first-order valence-electron chi connectivity index (χ1n) is 6.36. The molecule has 5 heteroatoms. The molecule has 4 nitrogen and oxygen atoms in total. The fourth-order valence-corrected chi connectivity index (χ4v) is 1.79. The van der Waals surface area contributed by atoms with E-state index in [0.717, 1.165) is 0 Å². The first-order chi connectivity index (χ1) is 9.97. The van der Waals surface area contributed by atoms with Crippen LogP contribution in [0, 0.1) is 5.82 Å². The summed E-state index contributed by atoms with van der Waals surface area (Å²) < 4.78 is 12.8. The van der Waals surface area contributed by atoms with E-state index in [9.17, 15) is 14.0 Å². The van der Waals surface area contributed by atoms with Crippen LogP contribution in [-0.4, -0.2) is 30.8 Å². The van der Waals surface area contributed by atoms with E-state index < -0.39 is 5.82 Å². The average molecular weight is 286 g/mol. The molecule has 2 rings (SSSR count). The summed E-state index contributed by atoms with van der Waals surface area (Å²) in [6.07, 6.45) is 0. The standard InChI is InChI=1S/C16H15FN2O2/c1-19(2)16(21)12-4-3-5-14(10-12)18-15(20)11-6-8-13(17)9-7-11/h3-10H,1-2H3,(H,18,20). The normalized spacial score (nSPS) is 10.0. The Morgan fingerprint density at radius 3 is 2.29 bits per heavy atom. The Morgan fingerprint density at radius 1 is 1.00 bits per heavy atom. The molecule has 0 aromatic heterocycles. The SMILES string of the molecule is CN(C)C(=O)c1cccc(NC(=O)c2ccc(F)cc2)c1. The van der Waals surface area contributed by atoms with Gasteiger partial charge in [-0.25, -0.2) is 4.39 Å². The zero-order valence-corrected chi connectivity index (χ0v) is 11.8. The van der Waals surface area contributed by atoms with E-state index in [1.165, 1.54) is 29.2 Å². The third-order valence-electron chi connectivity index (χ3n) is 2.88. The van der Waals surface area contributed by atoms with Gasteiger partial charge >= 0.3 is 0 Å². The molecule has 0 saturated heterocycles. The van der Waals surface area contributed by atoms with Gasteiger partial charge < -0.3 is 10.2 Å². The Hall–Kier alpha value is -2.69. The van der Waals surface area contributed by atoms with Crippen LogP contribution in [0.2, 0.25) is 0 Å². The number of rotatable bonds is 3. The van der Waals surface area contributed by atoms with Crippen molar-refractivity contribution in [2.24, 2.45) is 0 Å². The van der Waals surface area contributed by atoms with Crippen LogP contribution in [-0.2, 0) is 0 Å². The third kappa shape index (κ3) is 3.66. The number of carbonyl (C=O) groups excluding carboxylic acids is 2. The van der Waals surface area contributed by atoms with Crippen LogP contribution in [0.25, 0.3) is 0 Å². The van der Waals surface area contributed by atoms with E-state index in [1.807, 2.05) is 0 Å². The Balaban J connectivity index is 2.16. The molecule has 0 saturated carbocycles. The van der Waals surface area contributed by atoms with Gasteiger partial charge in [-0.15, -0.1) is 0 Å². The van der Waals surface area contributed by atoms with E-state index in [0.29, 0.717) is 16.8 Å². The van der Waals surface area contributed by atoms with E-state index in [2.05, 4.69) is 5.32 Å². The lowest BCUT2D eigenvalue weighted by Gasteiger charge is -2.11. The lowest BCUT2D eigenvalue weighted by atomic mass is 10.1. The molecule has 0 bridgehead atoms. The molecule has 0 radical (unpaired) electrons. The van der Waals surface area contributed by atoms with Crippen molar-refractivity contribution >= 4 is 17.5 Å². The topological polar surface area (TPSA) is 49.4 Å². The van der Waals surface area contributed by atoms with Gasteiger partial charge in [0.1, 0.15) is 5.82 Å². The maximum absolute atomic E-state index is 12.8. The maximum atomic E-state index is 12.8. The largest absolute Gasteiger partial charge is 0.345 e. The van der Waals surface area contributed by atoms with Crippen LogP contribution < -0.4 is 5.32 Å². The summed E-state index contributed by atoms with van der Waals surface area (Å²) in [7, 11) is 3.32. The van der Waals surface area contributed by atoms with Crippen molar-refractivity contribution in [2.75, 3.05) is 19.4 Å². The van der Waals surface area contributed by atoms with Gasteiger partial charge in [-0.2, -0.15) is 0 Å². The van der Waals surface area contributed by atoms with Gasteiger partial charge in [-0.1, -0.05) is 6.07 Å². The molecule has 2 amide bonds. The maximum Gasteiger partial charge on any atom is 0.255 e. The molecular formula is C16H15FN2O2. The molecule has 1 N–H and O–H groups in total. The zero-order chi connectivity index (χ0) is 15.4. The minimum atomic E-state index is -0.398. The number of carbonyl (C=O) groups is 2. The molecule has 21 heavy (non-hydrogen) atoms. The molecule has 2 aromatic rings. The second-order valence-electron chi connectivity index (χ2n) is 4.74. The monoisotopic (exact) mass is 286 g/mol. The Labute approximate surface area is 122 Å². The average Bonchev–Trinajstić information content (AvgIpc) is 2.47. The molecule has 0 unspecified atom stereocenters. The summed E-state index contributed by atoms with van der Waals surface area (Å²) in [6, 6.07) is 11.9. The van der Waals surface area contributed by atoms with Crippen LogP contribution in [0.5, 0.6) is 0 Å². The molecule has 0 atom stereocenters. The van der Waals surface area contributed by atoms with Gasteiger partial charge in [0.15, 0.2) is 0 Å². The van der Waals surface area contributed by atoms with E-state index in [1.54, 1.807) is 38.4 Å². The van der Waals surface area contributed by atoms with E-state index in [-0.39, 0.29) is 11.8 Å². The number of amides is 2. The zero-order valence-electron chi connectivity index (χ0n) is 11.8. The molecular weight excluding hydrogens is 271 g/mol. The van der Waals surface area contributed by atoms with Gasteiger partial charge in [0.05, 0.1) is 0 Å². The van der Waals surface area contributed by atoms with Crippen molar-refractivity contribution in [3.8, 4) is 0 Å². The van der Waals surface area contributed by atoms with Crippen molar-refractivity contribution in [2.45, 2.75) is 0 Å². The smallest absolute Gasteiger partial charge is 0.255 e. The second-order valence-corrected chi connectivity index (χ2v) is 4.74. The van der Waals surface area contributed by atoms with Gasteiger partial charge in [-0.3, -0.25) is 9.59 Å². The Morgan fingerprint density at radius 2 is 1.67 bits per heavy atom. The van der Waals surface area contributed by atoms with Crippen LogP contribution in [0.3, 0.4) is 0 Å². The van der Waals surface area contributed by atoms with Crippen molar-refractivity contribution in [1.82, 2.24) is 4.90 Å². The van der Waals surface area contributed by atoms with Crippen molar-refractivity contribution in [3.63, 3.8) is 0 Å². The molecule has 0 fully saturated rings. The van der Waals surface area contributed by atoms with Crippen LogP contribution in [0.15, 0.2) is 48.5 Å². The highest BCUT2D eigenvalue weighted by molar-refractivity contribution is 6.05. The van der Waals surface area contributed by atoms with Crippen molar-refractivity contribution < 1.29 is 14.0 Å². The highest BCUT2D eigenvalue weighted by atomic mass is 19.1. The molecule has 108 valence electrons. The van der Waals surface area contributed by atoms with Crippen LogP contribution in [0.4, 0.5) is 10.1 Å². The summed E-state index contributed by atoms with van der Waals surface area (Å²) in [5.74, 6) is -0.900.